The normalized spacial score (nSPS) is 11.4. The highest BCUT2D eigenvalue weighted by Crippen LogP contribution is 2.30. The Morgan fingerprint density at radius 3 is 2.55 bits per heavy atom. The molecule has 0 saturated carbocycles. The molecular weight excluding hydrogens is 390 g/mol. The molecule has 29 heavy (non-hydrogen) atoms. The summed E-state index contributed by atoms with van der Waals surface area (Å²) in [6, 6.07) is 14.2. The molecule has 0 aliphatic heterocycles. The Labute approximate surface area is 174 Å². The summed E-state index contributed by atoms with van der Waals surface area (Å²) < 4.78 is 12.2. The number of methoxy groups -OCH3 is 2. The van der Waals surface area contributed by atoms with E-state index in [1.54, 1.807) is 67.6 Å². The molecule has 0 saturated heterocycles. The zero-order valence-corrected chi connectivity index (χ0v) is 16.8. The molecule has 148 valence electrons. The predicted molar refractivity (Wildman–Crippen MR) is 113 cm³/mol. The van der Waals surface area contributed by atoms with Crippen molar-refractivity contribution in [2.75, 3.05) is 19.5 Å². The Morgan fingerprint density at radius 1 is 1.17 bits per heavy atom. The quantitative estimate of drug-likeness (QED) is 0.591. The molecule has 0 bridgehead atoms. The number of nitrogens with one attached hydrogen (secondary N) is 1. The lowest BCUT2D eigenvalue weighted by molar-refractivity contribution is -0.117. The van der Waals surface area contributed by atoms with Crippen molar-refractivity contribution >= 4 is 23.3 Å². The number of amides is 1. The van der Waals surface area contributed by atoms with Crippen LogP contribution in [0.3, 0.4) is 0 Å². The topological polar surface area (TPSA) is 65.4 Å². The molecule has 2 aromatic carbocycles. The lowest BCUT2D eigenvalue weighted by Crippen LogP contribution is -2.22. The van der Waals surface area contributed by atoms with Crippen LogP contribution in [0, 0.1) is 12.3 Å². The Hall–Kier alpha value is -3.43. The summed E-state index contributed by atoms with van der Waals surface area (Å²) in [5, 5.41) is 7.82. The summed E-state index contributed by atoms with van der Waals surface area (Å²) in [6.45, 7) is 0. The molecule has 1 aromatic heterocycles. The summed E-state index contributed by atoms with van der Waals surface area (Å²) in [6.07, 6.45) is 7.35. The van der Waals surface area contributed by atoms with Crippen LogP contribution in [0.4, 0.5) is 5.82 Å². The van der Waals surface area contributed by atoms with Crippen LogP contribution in [0.15, 0.2) is 54.7 Å². The summed E-state index contributed by atoms with van der Waals surface area (Å²) >= 11 is 5.95. The first-order chi connectivity index (χ1) is 14.1. The molecular formula is C22H20ClN3O3. The van der Waals surface area contributed by atoms with Gasteiger partial charge in [0.15, 0.2) is 11.5 Å². The number of benzene rings is 2. The average Bonchev–Trinajstić information content (AvgIpc) is 3.20. The molecule has 0 radical (unpaired) electrons. The highest BCUT2D eigenvalue weighted by atomic mass is 35.5. The van der Waals surface area contributed by atoms with Crippen LogP contribution in [0.1, 0.15) is 17.9 Å². The summed E-state index contributed by atoms with van der Waals surface area (Å²) in [5.74, 6) is 3.51. The molecule has 3 rings (SSSR count). The standard InChI is InChI=1S/C22H20ClN3O3/c1-4-5-18(15-6-8-16(23)9-7-15)22(27)25-21-12-13-24-26(21)17-10-11-19(28-2)20(14-17)29-3/h1,6-14,18H,5H2,2-3H3,(H,25,27). The maximum absolute atomic E-state index is 13.0. The highest BCUT2D eigenvalue weighted by Gasteiger charge is 2.21. The van der Waals surface area contributed by atoms with E-state index in [4.69, 9.17) is 27.5 Å². The average molecular weight is 410 g/mol. The fraction of sp³-hybridized carbons (Fsp3) is 0.182. The number of nitrogens with zero attached hydrogens (tertiary/aromatic N) is 2. The van der Waals surface area contributed by atoms with Gasteiger partial charge in [0, 0.05) is 23.6 Å². The van der Waals surface area contributed by atoms with Crippen molar-refractivity contribution in [3.05, 3.63) is 65.3 Å². The van der Waals surface area contributed by atoms with Gasteiger partial charge in [-0.2, -0.15) is 5.10 Å². The van der Waals surface area contributed by atoms with Gasteiger partial charge in [-0.1, -0.05) is 23.7 Å². The van der Waals surface area contributed by atoms with Gasteiger partial charge in [-0.05, 0) is 29.8 Å². The minimum absolute atomic E-state index is 0.229. The van der Waals surface area contributed by atoms with Crippen molar-refractivity contribution in [2.24, 2.45) is 0 Å². The third-order valence-electron chi connectivity index (χ3n) is 4.42. The zero-order valence-electron chi connectivity index (χ0n) is 16.1. The number of aromatic nitrogens is 2. The van der Waals surface area contributed by atoms with Crippen LogP contribution in [0.25, 0.3) is 5.69 Å². The molecule has 1 atom stereocenters. The molecule has 1 unspecified atom stereocenters. The smallest absolute Gasteiger partial charge is 0.234 e. The van der Waals surface area contributed by atoms with Crippen LogP contribution in [0.2, 0.25) is 5.02 Å². The minimum atomic E-state index is -0.508. The third kappa shape index (κ3) is 4.53. The molecule has 3 aromatic rings. The van der Waals surface area contributed by atoms with Gasteiger partial charge >= 0.3 is 0 Å². The van der Waals surface area contributed by atoms with Crippen LogP contribution >= 0.6 is 11.6 Å². The molecule has 1 heterocycles. The first-order valence-electron chi connectivity index (χ1n) is 8.83. The van der Waals surface area contributed by atoms with Crippen LogP contribution in [-0.2, 0) is 4.79 Å². The Bertz CT molecular complexity index is 1040. The van der Waals surface area contributed by atoms with Gasteiger partial charge in [-0.25, -0.2) is 4.68 Å². The van der Waals surface area contributed by atoms with Gasteiger partial charge in [0.25, 0.3) is 0 Å². The molecule has 6 nitrogen and oxygen atoms in total. The lowest BCUT2D eigenvalue weighted by atomic mass is 9.95. The number of halogens is 1. The first-order valence-corrected chi connectivity index (χ1v) is 9.21. The van der Waals surface area contributed by atoms with E-state index >= 15 is 0 Å². The molecule has 0 aliphatic carbocycles. The summed E-state index contributed by atoms with van der Waals surface area (Å²) in [5.41, 5.74) is 1.50. The number of terminal acetylenes is 1. The molecule has 0 aliphatic rings. The van der Waals surface area contributed by atoms with E-state index in [0.717, 1.165) is 5.56 Å². The van der Waals surface area contributed by atoms with E-state index in [9.17, 15) is 4.79 Å². The fourth-order valence-electron chi connectivity index (χ4n) is 2.95. The second-order valence-corrected chi connectivity index (χ2v) is 6.61. The number of hydrogen-bond donors (Lipinski definition) is 1. The van der Waals surface area contributed by atoms with E-state index < -0.39 is 5.92 Å². The molecule has 1 N–H and O–H groups in total. The summed E-state index contributed by atoms with van der Waals surface area (Å²) in [7, 11) is 3.13. The SMILES string of the molecule is C#CCC(C(=O)Nc1ccnn1-c1ccc(OC)c(OC)c1)c1ccc(Cl)cc1. The number of hydrogen-bond acceptors (Lipinski definition) is 4. The zero-order chi connectivity index (χ0) is 20.8. The van der Waals surface area contributed by atoms with Crippen molar-refractivity contribution in [1.29, 1.82) is 0 Å². The second-order valence-electron chi connectivity index (χ2n) is 6.17. The van der Waals surface area contributed by atoms with E-state index in [0.29, 0.717) is 28.0 Å². The maximum atomic E-state index is 13.0. The number of carbonyl (C=O) groups excluding carboxylic acids is 1. The van der Waals surface area contributed by atoms with E-state index in [1.807, 2.05) is 6.07 Å². The van der Waals surface area contributed by atoms with Gasteiger partial charge in [0.2, 0.25) is 5.91 Å². The van der Waals surface area contributed by atoms with Crippen molar-refractivity contribution < 1.29 is 14.3 Å². The van der Waals surface area contributed by atoms with Crippen molar-refractivity contribution in [3.63, 3.8) is 0 Å². The monoisotopic (exact) mass is 409 g/mol. The molecule has 0 spiro atoms. The Morgan fingerprint density at radius 2 is 1.90 bits per heavy atom. The number of carbonyl (C=O) groups is 1. The molecule has 1 amide bonds. The second kappa shape index (κ2) is 9.18. The lowest BCUT2D eigenvalue weighted by Gasteiger charge is -2.16. The highest BCUT2D eigenvalue weighted by molar-refractivity contribution is 6.30. The van der Waals surface area contributed by atoms with Crippen molar-refractivity contribution in [2.45, 2.75) is 12.3 Å². The van der Waals surface area contributed by atoms with Crippen molar-refractivity contribution in [3.8, 4) is 29.5 Å². The largest absolute Gasteiger partial charge is 0.493 e. The number of anilines is 1. The first kappa shape index (κ1) is 20.3. The van der Waals surface area contributed by atoms with E-state index in [2.05, 4.69) is 16.3 Å². The Kier molecular flexibility index (Phi) is 6.43. The predicted octanol–water partition coefficient (Wildman–Crippen LogP) is 4.29. The Balaban J connectivity index is 1.87. The van der Waals surface area contributed by atoms with Gasteiger partial charge < -0.3 is 14.8 Å². The van der Waals surface area contributed by atoms with Crippen LogP contribution < -0.4 is 14.8 Å². The van der Waals surface area contributed by atoms with E-state index in [1.165, 1.54) is 0 Å². The van der Waals surface area contributed by atoms with Gasteiger partial charge in [0.05, 0.1) is 32.0 Å². The minimum Gasteiger partial charge on any atom is -0.493 e. The van der Waals surface area contributed by atoms with Crippen LogP contribution in [-0.4, -0.2) is 29.9 Å². The van der Waals surface area contributed by atoms with Gasteiger partial charge in [-0.3, -0.25) is 4.79 Å². The van der Waals surface area contributed by atoms with Crippen molar-refractivity contribution in [1.82, 2.24) is 9.78 Å². The fourth-order valence-corrected chi connectivity index (χ4v) is 3.07. The maximum Gasteiger partial charge on any atom is 0.234 e. The summed E-state index contributed by atoms with van der Waals surface area (Å²) in [4.78, 5) is 13.0. The number of rotatable bonds is 7. The van der Waals surface area contributed by atoms with Gasteiger partial charge in [0.1, 0.15) is 5.82 Å². The molecule has 0 fully saturated rings. The third-order valence-corrected chi connectivity index (χ3v) is 4.67. The number of ether oxygens (including phenoxy) is 2. The van der Waals surface area contributed by atoms with Crippen LogP contribution in [0.5, 0.6) is 11.5 Å². The van der Waals surface area contributed by atoms with Gasteiger partial charge in [-0.15, -0.1) is 12.3 Å². The van der Waals surface area contributed by atoms with E-state index in [-0.39, 0.29) is 12.3 Å². The molecule has 7 heteroatoms.